The molecule has 7 rings (SSSR count). The SMILES string of the molecule is Cc1cc(C)cc(Oc2ccc(NC(=O)CN3C(=O)[C@H]4[C@@H]5C=C[C@H]([C@@H]6C[C@H]56)[C@@H]4C3=O)cc2)c1. The number of likely N-dealkylation sites (tertiary alicyclic amines) is 1. The minimum absolute atomic E-state index is 0.166. The van der Waals surface area contributed by atoms with E-state index in [9.17, 15) is 14.4 Å². The molecule has 2 aromatic carbocycles. The fraction of sp³-hybridized carbons (Fsp3) is 0.370. The second-order valence-electron chi connectivity index (χ2n) is 9.92. The van der Waals surface area contributed by atoms with Gasteiger partial charge in [0.15, 0.2) is 0 Å². The Morgan fingerprint density at radius 1 is 0.909 bits per heavy atom. The Bertz CT molecular complexity index is 1140. The molecule has 2 aromatic rings. The first-order chi connectivity index (χ1) is 15.9. The maximum atomic E-state index is 13.0. The van der Waals surface area contributed by atoms with Crippen LogP contribution in [0, 0.1) is 49.4 Å². The summed E-state index contributed by atoms with van der Waals surface area (Å²) in [7, 11) is 0. The number of nitrogens with one attached hydrogen (secondary N) is 1. The standard InChI is InChI=1S/C27H26N2O4/c1-14-9-15(2)11-18(10-14)33-17-5-3-16(4-6-17)28-23(30)13-29-26(31)24-19-7-8-20(22-12-21(19)22)25(24)27(29)32/h3-11,19-22,24-25H,12-13H2,1-2H3,(H,28,30)/t19-,20-,21-,22+,24+,25+/m1/s1. The van der Waals surface area contributed by atoms with Crippen molar-refractivity contribution >= 4 is 23.4 Å². The van der Waals surface area contributed by atoms with Gasteiger partial charge in [-0.3, -0.25) is 19.3 Å². The lowest BCUT2D eigenvalue weighted by Crippen LogP contribution is -2.40. The molecule has 0 radical (unpaired) electrons. The van der Waals surface area contributed by atoms with E-state index in [2.05, 4.69) is 23.5 Å². The predicted octanol–water partition coefficient (Wildman–Crippen LogP) is 4.09. The zero-order valence-electron chi connectivity index (χ0n) is 18.7. The van der Waals surface area contributed by atoms with E-state index in [1.165, 1.54) is 4.90 Å². The second-order valence-corrected chi connectivity index (χ2v) is 9.92. The molecule has 1 heterocycles. The molecule has 3 amide bonds. The number of rotatable bonds is 5. The predicted molar refractivity (Wildman–Crippen MR) is 122 cm³/mol. The van der Waals surface area contributed by atoms with Crippen LogP contribution >= 0.6 is 0 Å². The molecule has 2 bridgehead atoms. The quantitative estimate of drug-likeness (QED) is 0.559. The molecule has 1 saturated heterocycles. The van der Waals surface area contributed by atoms with E-state index in [4.69, 9.17) is 4.74 Å². The van der Waals surface area contributed by atoms with Crippen molar-refractivity contribution in [2.75, 3.05) is 11.9 Å². The minimum atomic E-state index is -0.371. The van der Waals surface area contributed by atoms with E-state index in [0.29, 0.717) is 23.3 Å². The maximum Gasteiger partial charge on any atom is 0.244 e. The largest absolute Gasteiger partial charge is 0.457 e. The third-order valence-electron chi connectivity index (χ3n) is 7.62. The maximum absolute atomic E-state index is 13.0. The Morgan fingerprint density at radius 3 is 2.06 bits per heavy atom. The highest BCUT2D eigenvalue weighted by atomic mass is 16.5. The van der Waals surface area contributed by atoms with Crippen LogP contribution in [0.25, 0.3) is 0 Å². The number of hydrogen-bond acceptors (Lipinski definition) is 4. The number of hydrogen-bond donors (Lipinski definition) is 1. The zero-order valence-corrected chi connectivity index (χ0v) is 18.7. The van der Waals surface area contributed by atoms with E-state index < -0.39 is 0 Å². The molecule has 33 heavy (non-hydrogen) atoms. The van der Waals surface area contributed by atoms with E-state index in [-0.39, 0.29) is 47.9 Å². The molecule has 1 aliphatic heterocycles. The molecule has 0 unspecified atom stereocenters. The van der Waals surface area contributed by atoms with Crippen molar-refractivity contribution in [1.82, 2.24) is 4.90 Å². The number of ether oxygens (including phenoxy) is 1. The molecule has 6 heteroatoms. The first-order valence-electron chi connectivity index (χ1n) is 11.6. The Labute approximate surface area is 192 Å². The Kier molecular flexibility index (Phi) is 4.47. The summed E-state index contributed by atoms with van der Waals surface area (Å²) >= 11 is 0. The molecule has 3 fully saturated rings. The van der Waals surface area contributed by atoms with Crippen LogP contribution in [-0.2, 0) is 14.4 Å². The number of anilines is 1. The van der Waals surface area contributed by atoms with Crippen molar-refractivity contribution in [2.45, 2.75) is 20.3 Å². The van der Waals surface area contributed by atoms with Gasteiger partial charge in [0, 0.05) is 5.69 Å². The van der Waals surface area contributed by atoms with Gasteiger partial charge >= 0.3 is 0 Å². The number of amides is 3. The zero-order chi connectivity index (χ0) is 22.9. The lowest BCUT2D eigenvalue weighted by molar-refractivity contribution is -0.142. The normalized spacial score (nSPS) is 30.8. The van der Waals surface area contributed by atoms with Crippen molar-refractivity contribution in [3.05, 3.63) is 65.7 Å². The van der Waals surface area contributed by atoms with Gasteiger partial charge in [0.25, 0.3) is 0 Å². The highest BCUT2D eigenvalue weighted by Crippen LogP contribution is 2.65. The monoisotopic (exact) mass is 442 g/mol. The van der Waals surface area contributed by atoms with Crippen LogP contribution in [0.1, 0.15) is 17.5 Å². The molecule has 6 atom stereocenters. The molecule has 0 spiro atoms. The number of aryl methyl sites for hydroxylation is 2. The molecule has 168 valence electrons. The summed E-state index contributed by atoms with van der Waals surface area (Å²) in [4.78, 5) is 39.9. The van der Waals surface area contributed by atoms with Crippen LogP contribution in [0.4, 0.5) is 5.69 Å². The molecule has 6 nitrogen and oxygen atoms in total. The molecular weight excluding hydrogens is 416 g/mol. The van der Waals surface area contributed by atoms with Crippen LogP contribution in [0.3, 0.4) is 0 Å². The fourth-order valence-electron chi connectivity index (χ4n) is 6.25. The van der Waals surface area contributed by atoms with Crippen LogP contribution in [-0.4, -0.2) is 29.2 Å². The average molecular weight is 443 g/mol. The number of imide groups is 1. The van der Waals surface area contributed by atoms with Gasteiger partial charge in [-0.1, -0.05) is 18.2 Å². The first kappa shape index (κ1) is 20.2. The lowest BCUT2D eigenvalue weighted by Gasteiger charge is -2.37. The van der Waals surface area contributed by atoms with E-state index in [1.807, 2.05) is 26.0 Å². The second kappa shape index (κ2) is 7.30. The Morgan fingerprint density at radius 2 is 1.48 bits per heavy atom. The van der Waals surface area contributed by atoms with Gasteiger partial charge < -0.3 is 10.1 Å². The number of allylic oxidation sites excluding steroid dienone is 2. The fourth-order valence-corrected chi connectivity index (χ4v) is 6.25. The molecule has 2 saturated carbocycles. The molecule has 0 aromatic heterocycles. The van der Waals surface area contributed by atoms with Gasteiger partial charge in [-0.2, -0.15) is 0 Å². The van der Waals surface area contributed by atoms with E-state index >= 15 is 0 Å². The molecule has 4 aliphatic carbocycles. The topological polar surface area (TPSA) is 75.7 Å². The Hall–Kier alpha value is -3.41. The van der Waals surface area contributed by atoms with E-state index in [1.54, 1.807) is 24.3 Å². The summed E-state index contributed by atoms with van der Waals surface area (Å²) in [5.41, 5.74) is 2.84. The van der Waals surface area contributed by atoms with Crippen molar-refractivity contribution in [1.29, 1.82) is 0 Å². The van der Waals surface area contributed by atoms with Gasteiger partial charge in [-0.25, -0.2) is 0 Å². The average Bonchev–Trinajstić information content (AvgIpc) is 3.55. The molecular formula is C27H26N2O4. The smallest absolute Gasteiger partial charge is 0.244 e. The third-order valence-corrected chi connectivity index (χ3v) is 7.62. The summed E-state index contributed by atoms with van der Waals surface area (Å²) in [5.74, 6) is 1.58. The summed E-state index contributed by atoms with van der Waals surface area (Å²) in [6, 6.07) is 13.1. The third kappa shape index (κ3) is 3.36. The van der Waals surface area contributed by atoms with Crippen molar-refractivity contribution in [3.8, 4) is 11.5 Å². The number of carbonyl (C=O) groups is 3. The summed E-state index contributed by atoms with van der Waals surface area (Å²) < 4.78 is 5.91. The van der Waals surface area contributed by atoms with Crippen molar-refractivity contribution in [3.63, 3.8) is 0 Å². The number of benzene rings is 2. The van der Waals surface area contributed by atoms with Crippen LogP contribution in [0.5, 0.6) is 11.5 Å². The van der Waals surface area contributed by atoms with Gasteiger partial charge in [-0.15, -0.1) is 0 Å². The minimum Gasteiger partial charge on any atom is -0.457 e. The number of carbonyl (C=O) groups excluding carboxylic acids is 3. The van der Waals surface area contributed by atoms with Crippen molar-refractivity contribution < 1.29 is 19.1 Å². The van der Waals surface area contributed by atoms with Gasteiger partial charge in [0.1, 0.15) is 18.0 Å². The van der Waals surface area contributed by atoms with Crippen LogP contribution < -0.4 is 10.1 Å². The van der Waals surface area contributed by atoms with Crippen molar-refractivity contribution in [2.24, 2.45) is 35.5 Å². The summed E-state index contributed by atoms with van der Waals surface area (Å²) in [6.07, 6.45) is 5.40. The summed E-state index contributed by atoms with van der Waals surface area (Å²) in [6.45, 7) is 3.81. The number of nitrogens with zero attached hydrogens (tertiary/aromatic N) is 1. The molecule has 1 N–H and O–H groups in total. The lowest BCUT2D eigenvalue weighted by atomic mass is 9.63. The van der Waals surface area contributed by atoms with Crippen LogP contribution in [0.15, 0.2) is 54.6 Å². The highest BCUT2D eigenvalue weighted by molar-refractivity contribution is 6.09. The first-order valence-corrected chi connectivity index (χ1v) is 11.6. The Balaban J connectivity index is 1.09. The van der Waals surface area contributed by atoms with Gasteiger partial charge in [-0.05, 0) is 91.5 Å². The van der Waals surface area contributed by atoms with Gasteiger partial charge in [0.05, 0.1) is 11.8 Å². The van der Waals surface area contributed by atoms with E-state index in [0.717, 1.165) is 23.3 Å². The van der Waals surface area contributed by atoms with Crippen LogP contribution in [0.2, 0.25) is 0 Å². The highest BCUT2D eigenvalue weighted by Gasteiger charge is 2.67. The van der Waals surface area contributed by atoms with Gasteiger partial charge in [0.2, 0.25) is 17.7 Å². The summed E-state index contributed by atoms with van der Waals surface area (Å²) in [5, 5.41) is 2.80. The molecule has 5 aliphatic rings.